The fourth-order valence-corrected chi connectivity index (χ4v) is 8.08. The van der Waals surface area contributed by atoms with Crippen LogP contribution >= 0.6 is 0 Å². The van der Waals surface area contributed by atoms with E-state index in [2.05, 4.69) is 57.2 Å². The smallest absolute Gasteiger partial charge is 0.550 e. The Balaban J connectivity index is -0.000000441. The SMILES string of the molecule is CCCCCCCCCC/C=C\CCCCCCCC(=O)[O-].CCCCCCCCCC/C=C\CCCCCCCC(=O)[O-].CCCCCCCCCC/C=C\CCCCCCCC(=O)[O-].[Pr+3]. The zero-order valence-electron chi connectivity index (χ0n) is 44.9. The van der Waals surface area contributed by atoms with Crippen LogP contribution in [0.4, 0.5) is 0 Å². The minimum Gasteiger partial charge on any atom is -0.550 e. The summed E-state index contributed by atoms with van der Waals surface area (Å²) < 4.78 is 0. The van der Waals surface area contributed by atoms with Crippen molar-refractivity contribution in [2.45, 2.75) is 329 Å². The van der Waals surface area contributed by atoms with E-state index in [-0.39, 0.29) is 60.6 Å². The van der Waals surface area contributed by atoms with Gasteiger partial charge in [0.2, 0.25) is 0 Å². The first kappa shape index (κ1) is 72.5. The van der Waals surface area contributed by atoms with Crippen LogP contribution in [0.5, 0.6) is 0 Å². The monoisotopic (exact) mass is 1070 g/mol. The van der Waals surface area contributed by atoms with Gasteiger partial charge in [-0.25, -0.2) is 0 Å². The van der Waals surface area contributed by atoms with Gasteiger partial charge in [-0.2, -0.15) is 0 Å². The van der Waals surface area contributed by atoms with E-state index in [1.165, 1.54) is 231 Å². The molecule has 0 aromatic heterocycles. The third-order valence-electron chi connectivity index (χ3n) is 12.4. The molecule has 0 aromatic rings. The summed E-state index contributed by atoms with van der Waals surface area (Å²) in [5.74, 6) is -2.74. The van der Waals surface area contributed by atoms with Gasteiger partial charge in [-0.1, -0.05) is 250 Å². The number of hydrogen-bond acceptors (Lipinski definition) is 6. The number of allylic oxidation sites excluding steroid dienone is 6. The Morgan fingerprint density at radius 2 is 0.373 bits per heavy atom. The van der Waals surface area contributed by atoms with E-state index in [9.17, 15) is 29.7 Å². The number of carbonyl (C=O) groups excluding carboxylic acids is 3. The van der Waals surface area contributed by atoms with Gasteiger partial charge in [0.1, 0.15) is 0 Å². The molecule has 0 spiro atoms. The number of unbranched alkanes of at least 4 members (excludes halogenated alkanes) is 39. The van der Waals surface area contributed by atoms with Crippen LogP contribution in [0.15, 0.2) is 36.5 Å². The number of carbonyl (C=O) groups is 3. The Morgan fingerprint density at radius 3 is 0.522 bits per heavy atom. The van der Waals surface area contributed by atoms with Crippen molar-refractivity contribution in [3.63, 3.8) is 0 Å². The van der Waals surface area contributed by atoms with Gasteiger partial charge >= 0.3 is 41.3 Å². The molecular weight excluding hydrogens is 958 g/mol. The summed E-state index contributed by atoms with van der Waals surface area (Å²) in [5, 5.41) is 30.7. The molecule has 0 bridgehead atoms. The summed E-state index contributed by atoms with van der Waals surface area (Å²) in [7, 11) is 0. The van der Waals surface area contributed by atoms with Crippen molar-refractivity contribution in [1.29, 1.82) is 0 Å². The zero-order chi connectivity index (χ0) is 48.9. The molecule has 0 saturated heterocycles. The molecule has 67 heavy (non-hydrogen) atoms. The Hall–Kier alpha value is -1.01. The van der Waals surface area contributed by atoms with E-state index in [0.29, 0.717) is 0 Å². The molecule has 6 nitrogen and oxygen atoms in total. The predicted molar refractivity (Wildman–Crippen MR) is 281 cm³/mol. The molecule has 0 aromatic carbocycles. The average molecular weight is 1070 g/mol. The van der Waals surface area contributed by atoms with Crippen molar-refractivity contribution in [3.05, 3.63) is 36.5 Å². The standard InChI is InChI=1S/3C20H38O2.Pr/c3*1-2-3-4-5-6-7-8-9-10-11-12-13-14-15-16-17-18-19-20(21)22;/h3*11-12H,2-10,13-19H2,1H3,(H,21,22);/q;;;+3/p-3/b3*12-11-;. The number of carboxylic acid groups (broad SMARTS) is 3. The molecule has 0 rings (SSSR count). The Bertz CT molecular complexity index is 911. The van der Waals surface area contributed by atoms with Gasteiger partial charge in [0.25, 0.3) is 0 Å². The molecule has 0 atom stereocenters. The van der Waals surface area contributed by atoms with Gasteiger partial charge in [-0.3, -0.25) is 0 Å². The van der Waals surface area contributed by atoms with Gasteiger partial charge in [-0.15, -0.1) is 0 Å². The fourth-order valence-electron chi connectivity index (χ4n) is 8.08. The van der Waals surface area contributed by atoms with Crippen LogP contribution in [0.1, 0.15) is 329 Å². The minimum atomic E-state index is -0.913. The van der Waals surface area contributed by atoms with E-state index in [1.807, 2.05) is 0 Å². The molecule has 0 unspecified atom stereocenters. The molecule has 0 aliphatic rings. The maximum atomic E-state index is 10.2. The van der Waals surface area contributed by atoms with Crippen molar-refractivity contribution >= 4 is 17.9 Å². The largest absolute Gasteiger partial charge is 3.00 e. The summed E-state index contributed by atoms with van der Waals surface area (Å²) in [6, 6.07) is 0. The molecule has 0 radical (unpaired) electrons. The van der Waals surface area contributed by atoms with Crippen molar-refractivity contribution in [2.75, 3.05) is 0 Å². The van der Waals surface area contributed by atoms with Crippen LogP contribution in [0.3, 0.4) is 0 Å². The maximum absolute atomic E-state index is 10.2. The van der Waals surface area contributed by atoms with Gasteiger partial charge in [0, 0.05) is 17.9 Å². The summed E-state index contributed by atoms with van der Waals surface area (Å²) in [6.45, 7) is 6.80. The second-order valence-electron chi connectivity index (χ2n) is 19.2. The van der Waals surface area contributed by atoms with Crippen LogP contribution in [-0.4, -0.2) is 17.9 Å². The number of rotatable bonds is 51. The van der Waals surface area contributed by atoms with Crippen LogP contribution in [-0.2, 0) is 14.4 Å². The number of aliphatic carboxylic acids is 3. The second kappa shape index (κ2) is 69.3. The van der Waals surface area contributed by atoms with Crippen molar-refractivity contribution in [3.8, 4) is 0 Å². The molecule has 7 heteroatoms. The molecule has 0 amide bonds. The molecule has 0 saturated carbocycles. The summed E-state index contributed by atoms with van der Waals surface area (Å²) in [4.78, 5) is 30.7. The molecular formula is C60H111O6Pr. The van der Waals surface area contributed by atoms with Crippen molar-refractivity contribution in [2.24, 2.45) is 0 Å². The third-order valence-corrected chi connectivity index (χ3v) is 12.4. The number of carboxylic acids is 3. The predicted octanol–water partition coefficient (Wildman–Crippen LogP) is 16.7. The van der Waals surface area contributed by atoms with E-state index in [1.54, 1.807) is 0 Å². The fraction of sp³-hybridized carbons (Fsp3) is 0.850. The summed E-state index contributed by atoms with van der Waals surface area (Å²) in [5.41, 5.74) is 0. The first-order valence-corrected chi connectivity index (χ1v) is 28.9. The molecule has 0 heterocycles. The van der Waals surface area contributed by atoms with Gasteiger partial charge in [0.15, 0.2) is 0 Å². The van der Waals surface area contributed by atoms with Gasteiger partial charge in [-0.05, 0) is 116 Å². The summed E-state index contributed by atoms with van der Waals surface area (Å²) >= 11 is 0. The number of hydrogen-bond donors (Lipinski definition) is 0. The minimum absolute atomic E-state index is 0. The third kappa shape index (κ3) is 82.3. The molecule has 0 aliphatic carbocycles. The van der Waals surface area contributed by atoms with E-state index < -0.39 is 17.9 Å². The quantitative estimate of drug-likeness (QED) is 0.0442. The molecule has 0 fully saturated rings. The average Bonchev–Trinajstić information content (AvgIpc) is 3.29. The topological polar surface area (TPSA) is 120 Å². The van der Waals surface area contributed by atoms with Crippen LogP contribution in [0, 0.1) is 41.3 Å². The first-order valence-electron chi connectivity index (χ1n) is 28.9. The second-order valence-corrected chi connectivity index (χ2v) is 19.2. The van der Waals surface area contributed by atoms with Crippen molar-refractivity contribution in [1.82, 2.24) is 0 Å². The molecule has 0 N–H and O–H groups in total. The Kier molecular flexibility index (Phi) is 75.0. The normalized spacial score (nSPS) is 11.1. The van der Waals surface area contributed by atoms with Crippen molar-refractivity contribution < 1.29 is 71.0 Å². The van der Waals surface area contributed by atoms with Crippen LogP contribution < -0.4 is 15.3 Å². The van der Waals surface area contributed by atoms with Gasteiger partial charge in [0.05, 0.1) is 0 Å². The van der Waals surface area contributed by atoms with Crippen LogP contribution in [0.25, 0.3) is 0 Å². The summed E-state index contributed by atoms with van der Waals surface area (Å²) in [6.07, 6.45) is 71.5. The Labute approximate surface area is 451 Å². The Morgan fingerprint density at radius 1 is 0.239 bits per heavy atom. The molecule has 390 valence electrons. The van der Waals surface area contributed by atoms with Gasteiger partial charge < -0.3 is 29.7 Å². The van der Waals surface area contributed by atoms with E-state index in [0.717, 1.165) is 57.8 Å². The molecule has 0 aliphatic heterocycles. The van der Waals surface area contributed by atoms with E-state index >= 15 is 0 Å². The first-order chi connectivity index (χ1) is 32.3. The van der Waals surface area contributed by atoms with E-state index in [4.69, 9.17) is 0 Å². The van der Waals surface area contributed by atoms with Crippen LogP contribution in [0.2, 0.25) is 0 Å². The zero-order valence-corrected chi connectivity index (χ0v) is 48.6. The maximum Gasteiger partial charge on any atom is 3.00 e.